The third kappa shape index (κ3) is 3.56. The van der Waals surface area contributed by atoms with Gasteiger partial charge in [0.25, 0.3) is 0 Å². The number of hydrogen-bond acceptors (Lipinski definition) is 4. The van der Waals surface area contributed by atoms with Gasteiger partial charge in [-0.05, 0) is 38.1 Å². The molecule has 1 saturated carbocycles. The van der Waals surface area contributed by atoms with Crippen molar-refractivity contribution in [2.45, 2.75) is 33.2 Å². The number of esters is 1. The largest absolute Gasteiger partial charge is 0.462 e. The molecule has 106 valence electrons. The van der Waals surface area contributed by atoms with Gasteiger partial charge in [-0.1, -0.05) is 6.92 Å². The molecule has 1 unspecified atom stereocenters. The molecule has 5 nitrogen and oxygen atoms in total. The zero-order valence-corrected chi connectivity index (χ0v) is 12.0. The normalized spacial score (nSPS) is 16.4. The van der Waals surface area contributed by atoms with Gasteiger partial charge in [-0.25, -0.2) is 4.79 Å². The van der Waals surface area contributed by atoms with E-state index in [2.05, 4.69) is 17.3 Å². The quantitative estimate of drug-likeness (QED) is 0.763. The molecule has 2 rings (SSSR count). The minimum Gasteiger partial charge on any atom is -0.462 e. The minimum atomic E-state index is -0.289. The van der Waals surface area contributed by atoms with Gasteiger partial charge in [-0.3, -0.25) is 4.68 Å². The summed E-state index contributed by atoms with van der Waals surface area (Å²) in [6, 6.07) is 0. The Hall–Kier alpha value is -1.36. The first-order valence-electron chi connectivity index (χ1n) is 7.02. The van der Waals surface area contributed by atoms with Gasteiger partial charge in [0.2, 0.25) is 0 Å². The van der Waals surface area contributed by atoms with Gasteiger partial charge in [0.15, 0.2) is 0 Å². The molecule has 0 bridgehead atoms. The van der Waals surface area contributed by atoms with Crippen LogP contribution in [-0.2, 0) is 18.3 Å². The van der Waals surface area contributed by atoms with Crippen molar-refractivity contribution >= 4 is 5.97 Å². The second-order valence-electron chi connectivity index (χ2n) is 5.29. The monoisotopic (exact) mass is 265 g/mol. The number of aromatic nitrogens is 2. The van der Waals surface area contributed by atoms with Crippen molar-refractivity contribution in [3.63, 3.8) is 0 Å². The van der Waals surface area contributed by atoms with E-state index in [0.29, 0.717) is 24.6 Å². The zero-order chi connectivity index (χ0) is 13.8. The van der Waals surface area contributed by atoms with Crippen LogP contribution in [0.1, 0.15) is 42.7 Å². The Balaban J connectivity index is 1.90. The average molecular weight is 265 g/mol. The fraction of sp³-hybridized carbons (Fsp3) is 0.714. The van der Waals surface area contributed by atoms with E-state index >= 15 is 0 Å². The van der Waals surface area contributed by atoms with Gasteiger partial charge in [0.05, 0.1) is 18.5 Å². The summed E-state index contributed by atoms with van der Waals surface area (Å²) in [6.07, 6.45) is 4.31. The summed E-state index contributed by atoms with van der Waals surface area (Å²) < 4.78 is 6.77. The van der Waals surface area contributed by atoms with Crippen LogP contribution in [0.15, 0.2) is 6.20 Å². The van der Waals surface area contributed by atoms with Crippen LogP contribution in [0.2, 0.25) is 0 Å². The summed E-state index contributed by atoms with van der Waals surface area (Å²) in [7, 11) is 1.85. The van der Waals surface area contributed by atoms with Crippen molar-refractivity contribution in [1.29, 1.82) is 0 Å². The molecule has 0 aromatic carbocycles. The van der Waals surface area contributed by atoms with Crippen molar-refractivity contribution in [2.24, 2.45) is 18.9 Å². The van der Waals surface area contributed by atoms with Crippen LogP contribution >= 0.6 is 0 Å². The average Bonchev–Trinajstić information content (AvgIpc) is 3.16. The van der Waals surface area contributed by atoms with Crippen LogP contribution in [0.3, 0.4) is 0 Å². The Kier molecular flexibility index (Phi) is 4.58. The molecule has 0 spiro atoms. The smallest absolute Gasteiger partial charge is 0.341 e. The maximum Gasteiger partial charge on any atom is 0.341 e. The van der Waals surface area contributed by atoms with E-state index in [9.17, 15) is 4.79 Å². The van der Waals surface area contributed by atoms with E-state index in [-0.39, 0.29) is 5.97 Å². The lowest BCUT2D eigenvalue weighted by atomic mass is 10.1. The molecule has 0 saturated heterocycles. The van der Waals surface area contributed by atoms with Crippen LogP contribution in [0, 0.1) is 11.8 Å². The lowest BCUT2D eigenvalue weighted by molar-refractivity contribution is 0.0524. The molecule has 0 amide bonds. The van der Waals surface area contributed by atoms with E-state index in [1.165, 1.54) is 12.8 Å². The zero-order valence-electron chi connectivity index (χ0n) is 12.0. The maximum atomic E-state index is 11.8. The van der Waals surface area contributed by atoms with Crippen molar-refractivity contribution in [1.82, 2.24) is 15.1 Å². The van der Waals surface area contributed by atoms with Gasteiger partial charge in [0.1, 0.15) is 5.56 Å². The lowest BCUT2D eigenvalue weighted by Crippen LogP contribution is -2.24. The van der Waals surface area contributed by atoms with Gasteiger partial charge in [0, 0.05) is 13.6 Å². The van der Waals surface area contributed by atoms with Crippen molar-refractivity contribution in [3.8, 4) is 0 Å². The number of nitrogens with zero attached hydrogens (tertiary/aromatic N) is 2. The summed E-state index contributed by atoms with van der Waals surface area (Å²) in [5, 5.41) is 7.56. The molecule has 1 fully saturated rings. The highest BCUT2D eigenvalue weighted by atomic mass is 16.5. The van der Waals surface area contributed by atoms with E-state index in [1.807, 2.05) is 14.0 Å². The minimum absolute atomic E-state index is 0.289. The van der Waals surface area contributed by atoms with E-state index in [0.717, 1.165) is 18.2 Å². The molecule has 1 heterocycles. The molecular formula is C14H23N3O2. The number of carbonyl (C=O) groups excluding carboxylic acids is 1. The number of nitrogens with one attached hydrogen (secondary N) is 1. The SMILES string of the molecule is CCOC(=O)c1cnn(C)c1CNCC(C)C1CC1. The summed E-state index contributed by atoms with van der Waals surface area (Å²) in [5.74, 6) is 1.31. The first kappa shape index (κ1) is 14.1. The Morgan fingerprint density at radius 2 is 2.37 bits per heavy atom. The molecule has 1 aliphatic carbocycles. The summed E-state index contributed by atoms with van der Waals surface area (Å²) >= 11 is 0. The summed E-state index contributed by atoms with van der Waals surface area (Å²) in [6.45, 7) is 6.11. The molecule has 19 heavy (non-hydrogen) atoms. The second kappa shape index (κ2) is 6.19. The molecule has 5 heteroatoms. The standard InChI is InChI=1S/C14H23N3O2/c1-4-19-14(18)12-8-16-17(3)13(12)9-15-7-10(2)11-5-6-11/h8,10-11,15H,4-7,9H2,1-3H3. The van der Waals surface area contributed by atoms with Crippen LogP contribution in [0.25, 0.3) is 0 Å². The fourth-order valence-corrected chi connectivity index (χ4v) is 2.30. The highest BCUT2D eigenvalue weighted by molar-refractivity contribution is 5.90. The van der Waals surface area contributed by atoms with Gasteiger partial charge >= 0.3 is 5.97 Å². The number of carbonyl (C=O) groups is 1. The maximum absolute atomic E-state index is 11.8. The first-order chi connectivity index (χ1) is 9.13. The molecule has 1 atom stereocenters. The van der Waals surface area contributed by atoms with Crippen LogP contribution in [0.5, 0.6) is 0 Å². The number of aryl methyl sites for hydroxylation is 1. The van der Waals surface area contributed by atoms with Crippen LogP contribution in [0.4, 0.5) is 0 Å². The first-order valence-corrected chi connectivity index (χ1v) is 7.02. The van der Waals surface area contributed by atoms with Crippen LogP contribution < -0.4 is 5.32 Å². The Morgan fingerprint density at radius 1 is 1.63 bits per heavy atom. The van der Waals surface area contributed by atoms with E-state index in [4.69, 9.17) is 4.74 Å². The fourth-order valence-electron chi connectivity index (χ4n) is 2.30. The van der Waals surface area contributed by atoms with Crippen LogP contribution in [-0.4, -0.2) is 28.9 Å². The Morgan fingerprint density at radius 3 is 3.00 bits per heavy atom. The molecule has 1 N–H and O–H groups in total. The van der Waals surface area contributed by atoms with Crippen molar-refractivity contribution in [2.75, 3.05) is 13.2 Å². The van der Waals surface area contributed by atoms with E-state index in [1.54, 1.807) is 10.9 Å². The Labute approximate surface area is 114 Å². The molecular weight excluding hydrogens is 242 g/mol. The van der Waals surface area contributed by atoms with Crippen molar-refractivity contribution < 1.29 is 9.53 Å². The van der Waals surface area contributed by atoms with Gasteiger partial charge in [-0.15, -0.1) is 0 Å². The summed E-state index contributed by atoms with van der Waals surface area (Å²) in [4.78, 5) is 11.8. The van der Waals surface area contributed by atoms with Gasteiger partial charge in [-0.2, -0.15) is 5.10 Å². The molecule has 0 radical (unpaired) electrons. The molecule has 1 aliphatic rings. The number of rotatable bonds is 7. The third-order valence-corrected chi connectivity index (χ3v) is 3.74. The number of ether oxygens (including phenoxy) is 1. The summed E-state index contributed by atoms with van der Waals surface area (Å²) in [5.41, 5.74) is 1.46. The highest BCUT2D eigenvalue weighted by Gasteiger charge is 2.27. The van der Waals surface area contributed by atoms with Gasteiger partial charge < -0.3 is 10.1 Å². The molecule has 1 aromatic heterocycles. The predicted octanol–water partition coefficient (Wildman–Crippen LogP) is 1.73. The van der Waals surface area contributed by atoms with E-state index < -0.39 is 0 Å². The second-order valence-corrected chi connectivity index (χ2v) is 5.29. The molecule has 0 aliphatic heterocycles. The lowest BCUT2D eigenvalue weighted by Gasteiger charge is -2.12. The number of hydrogen-bond donors (Lipinski definition) is 1. The predicted molar refractivity (Wildman–Crippen MR) is 72.8 cm³/mol. The molecule has 1 aromatic rings. The van der Waals surface area contributed by atoms with Crippen molar-refractivity contribution in [3.05, 3.63) is 17.5 Å². The third-order valence-electron chi connectivity index (χ3n) is 3.74. The topological polar surface area (TPSA) is 56.1 Å². The Bertz CT molecular complexity index is 438. The highest BCUT2D eigenvalue weighted by Crippen LogP contribution is 2.36.